The lowest BCUT2D eigenvalue weighted by atomic mass is 9.54. The van der Waals surface area contributed by atoms with E-state index in [4.69, 9.17) is 14.5 Å². The van der Waals surface area contributed by atoms with Crippen LogP contribution in [0.15, 0.2) is 4.99 Å². The van der Waals surface area contributed by atoms with E-state index in [0.29, 0.717) is 35.6 Å². The first-order valence-corrected chi connectivity index (χ1v) is 12.2. The van der Waals surface area contributed by atoms with Gasteiger partial charge in [0.1, 0.15) is 0 Å². The topological polar surface area (TPSA) is 58.1 Å². The van der Waals surface area contributed by atoms with Crippen molar-refractivity contribution in [3.05, 3.63) is 0 Å². The zero-order valence-electron chi connectivity index (χ0n) is 18.8. The van der Waals surface area contributed by atoms with Crippen LogP contribution in [0.2, 0.25) is 0 Å². The predicted molar refractivity (Wildman–Crippen MR) is 117 cm³/mol. The Hall–Kier alpha value is -0.850. The molecule has 2 saturated heterocycles. The van der Waals surface area contributed by atoms with Crippen LogP contribution in [0.1, 0.15) is 65.7 Å². The molecule has 0 amide bonds. The molecule has 1 spiro atoms. The highest BCUT2D eigenvalue weighted by atomic mass is 16.5. The third kappa shape index (κ3) is 4.59. The molecule has 0 bridgehead atoms. The molecule has 3 atom stereocenters. The minimum atomic E-state index is 0.327. The summed E-state index contributed by atoms with van der Waals surface area (Å²) in [6, 6.07) is 1.06. The summed E-state index contributed by atoms with van der Waals surface area (Å²) in [4.78, 5) is 7.35. The van der Waals surface area contributed by atoms with Crippen LogP contribution in [0.5, 0.6) is 0 Å². The van der Waals surface area contributed by atoms with Crippen LogP contribution in [0.3, 0.4) is 0 Å². The highest BCUT2D eigenvalue weighted by molar-refractivity contribution is 5.80. The largest absolute Gasteiger partial charge is 0.377 e. The van der Waals surface area contributed by atoms with E-state index in [1.165, 1.54) is 44.9 Å². The Morgan fingerprint density at radius 3 is 2.62 bits per heavy atom. The van der Waals surface area contributed by atoms with E-state index in [2.05, 4.69) is 36.3 Å². The van der Waals surface area contributed by atoms with Gasteiger partial charge in [0.05, 0.1) is 18.8 Å². The van der Waals surface area contributed by atoms with E-state index in [1.807, 2.05) is 0 Å². The second-order valence-corrected chi connectivity index (χ2v) is 9.81. The average Bonchev–Trinajstić information content (AvgIpc) is 3.36. The van der Waals surface area contributed by atoms with E-state index >= 15 is 0 Å². The first-order chi connectivity index (χ1) is 14.1. The number of hydrogen-bond donors (Lipinski definition) is 2. The second kappa shape index (κ2) is 9.52. The van der Waals surface area contributed by atoms with Gasteiger partial charge in [-0.15, -0.1) is 0 Å². The first-order valence-electron chi connectivity index (χ1n) is 12.2. The van der Waals surface area contributed by atoms with Crippen molar-refractivity contribution in [3.8, 4) is 0 Å². The normalized spacial score (nSPS) is 32.6. The molecule has 0 radical (unpaired) electrons. The van der Waals surface area contributed by atoms with Gasteiger partial charge in [0.25, 0.3) is 0 Å². The fraction of sp³-hybridized carbons (Fsp3) is 0.957. The Morgan fingerprint density at radius 1 is 1.17 bits per heavy atom. The number of fused-ring (bicyclic) bond motifs is 2. The number of ether oxygens (including phenoxy) is 2. The standard InChI is InChI=1S/C23H42N4O2/c1-4-24-22(25-18-7-12-27(13-8-18)14-16-28-17(2)3)26-20-19-9-15-29-21(19)23(20)10-5-6-11-23/h17-21H,4-16H2,1-3H3,(H2,24,25,26). The van der Waals surface area contributed by atoms with E-state index < -0.39 is 0 Å². The maximum absolute atomic E-state index is 6.15. The number of rotatable bonds is 7. The van der Waals surface area contributed by atoms with Crippen molar-refractivity contribution in [2.45, 2.75) is 90.0 Å². The van der Waals surface area contributed by atoms with Crippen LogP contribution in [-0.2, 0) is 9.47 Å². The van der Waals surface area contributed by atoms with E-state index in [1.54, 1.807) is 0 Å². The molecular weight excluding hydrogens is 364 g/mol. The molecule has 6 heteroatoms. The number of hydrogen-bond acceptors (Lipinski definition) is 4. The van der Waals surface area contributed by atoms with Crippen molar-refractivity contribution >= 4 is 5.96 Å². The second-order valence-electron chi connectivity index (χ2n) is 9.81. The number of piperidine rings is 1. The van der Waals surface area contributed by atoms with Crippen LogP contribution in [0.25, 0.3) is 0 Å². The Morgan fingerprint density at radius 2 is 1.93 bits per heavy atom. The molecule has 4 rings (SSSR count). The van der Waals surface area contributed by atoms with Gasteiger partial charge in [-0.3, -0.25) is 4.99 Å². The molecule has 2 heterocycles. The van der Waals surface area contributed by atoms with Gasteiger partial charge >= 0.3 is 0 Å². The summed E-state index contributed by atoms with van der Waals surface area (Å²) in [5.41, 5.74) is 0.372. The molecule has 0 aromatic heterocycles. The monoisotopic (exact) mass is 406 g/mol. The number of guanidine groups is 1. The maximum Gasteiger partial charge on any atom is 0.191 e. The zero-order chi connectivity index (χ0) is 20.3. The van der Waals surface area contributed by atoms with E-state index in [0.717, 1.165) is 45.4 Å². The summed E-state index contributed by atoms with van der Waals surface area (Å²) in [7, 11) is 0. The quantitative estimate of drug-likeness (QED) is 0.503. The molecule has 2 aliphatic carbocycles. The summed E-state index contributed by atoms with van der Waals surface area (Å²) < 4.78 is 11.9. The highest BCUT2D eigenvalue weighted by Gasteiger charge is 2.65. The lowest BCUT2D eigenvalue weighted by Crippen LogP contribution is -2.69. The van der Waals surface area contributed by atoms with Gasteiger partial charge in [0.2, 0.25) is 0 Å². The van der Waals surface area contributed by atoms with Crippen LogP contribution in [0.4, 0.5) is 0 Å². The highest BCUT2D eigenvalue weighted by Crippen LogP contribution is 2.60. The zero-order valence-corrected chi connectivity index (χ0v) is 18.8. The smallest absolute Gasteiger partial charge is 0.191 e. The van der Waals surface area contributed by atoms with Crippen molar-refractivity contribution in [2.75, 3.05) is 39.4 Å². The molecule has 4 aliphatic rings. The first kappa shape index (κ1) is 21.4. The fourth-order valence-corrected chi connectivity index (χ4v) is 6.25. The van der Waals surface area contributed by atoms with Gasteiger partial charge < -0.3 is 25.0 Å². The number of aliphatic imine (C=N–C) groups is 1. The van der Waals surface area contributed by atoms with Gasteiger partial charge in [-0.25, -0.2) is 0 Å². The Bertz CT molecular complexity index is 553. The molecule has 3 unspecified atom stereocenters. The minimum Gasteiger partial charge on any atom is -0.377 e. The van der Waals surface area contributed by atoms with Gasteiger partial charge in [-0.1, -0.05) is 12.8 Å². The Balaban J connectivity index is 1.28. The Kier molecular flexibility index (Phi) is 7.02. The van der Waals surface area contributed by atoms with Crippen LogP contribution < -0.4 is 10.6 Å². The molecular formula is C23H42N4O2. The number of nitrogens with one attached hydrogen (secondary N) is 2. The summed E-state index contributed by atoms with van der Waals surface area (Å²) in [6.45, 7) is 12.3. The lowest BCUT2D eigenvalue weighted by molar-refractivity contribution is -0.125. The van der Waals surface area contributed by atoms with Gasteiger partial charge in [0, 0.05) is 56.2 Å². The fourth-order valence-electron chi connectivity index (χ4n) is 6.25. The SMILES string of the molecule is CCN=C(NC1CCN(CCOC(C)C)CC1)NC1C2CCOC2C12CCCC2. The molecule has 29 heavy (non-hydrogen) atoms. The third-order valence-corrected chi connectivity index (χ3v) is 7.68. The van der Waals surface area contributed by atoms with Crippen molar-refractivity contribution in [3.63, 3.8) is 0 Å². The molecule has 6 nitrogen and oxygen atoms in total. The summed E-state index contributed by atoms with van der Waals surface area (Å²) in [6.07, 6.45) is 9.75. The van der Waals surface area contributed by atoms with Crippen LogP contribution >= 0.6 is 0 Å². The van der Waals surface area contributed by atoms with E-state index in [-0.39, 0.29) is 0 Å². The molecule has 2 N–H and O–H groups in total. The van der Waals surface area contributed by atoms with Crippen molar-refractivity contribution in [2.24, 2.45) is 16.3 Å². The maximum atomic E-state index is 6.15. The summed E-state index contributed by atoms with van der Waals surface area (Å²) in [5.74, 6) is 1.72. The van der Waals surface area contributed by atoms with Gasteiger partial charge in [0.15, 0.2) is 5.96 Å². The average molecular weight is 407 g/mol. The molecule has 166 valence electrons. The van der Waals surface area contributed by atoms with Crippen LogP contribution in [-0.4, -0.2) is 74.5 Å². The van der Waals surface area contributed by atoms with Crippen LogP contribution in [0, 0.1) is 11.3 Å². The van der Waals surface area contributed by atoms with E-state index in [9.17, 15) is 0 Å². The van der Waals surface area contributed by atoms with Crippen molar-refractivity contribution in [1.29, 1.82) is 0 Å². The Labute approximate surface area is 177 Å². The van der Waals surface area contributed by atoms with Crippen molar-refractivity contribution in [1.82, 2.24) is 15.5 Å². The molecule has 2 aliphatic heterocycles. The number of nitrogens with zero attached hydrogens (tertiary/aromatic N) is 2. The predicted octanol–water partition coefficient (Wildman–Crippen LogP) is 2.78. The molecule has 4 fully saturated rings. The van der Waals surface area contributed by atoms with Gasteiger partial charge in [-0.2, -0.15) is 0 Å². The molecule has 2 saturated carbocycles. The number of likely N-dealkylation sites (tertiary alicyclic amines) is 1. The minimum absolute atomic E-state index is 0.327. The van der Waals surface area contributed by atoms with Gasteiger partial charge in [-0.05, 0) is 52.9 Å². The molecule has 0 aromatic rings. The molecule has 0 aromatic carbocycles. The summed E-state index contributed by atoms with van der Waals surface area (Å²) in [5, 5.41) is 7.67. The lowest BCUT2D eigenvalue weighted by Gasteiger charge is -2.57. The summed E-state index contributed by atoms with van der Waals surface area (Å²) >= 11 is 0. The van der Waals surface area contributed by atoms with Crippen molar-refractivity contribution < 1.29 is 9.47 Å². The third-order valence-electron chi connectivity index (χ3n) is 7.68.